The number of anilines is 1. The second kappa shape index (κ2) is 5.72. The highest BCUT2D eigenvalue weighted by atomic mass is 79.9. The van der Waals surface area contributed by atoms with Crippen LogP contribution in [0.15, 0.2) is 34.1 Å². The lowest BCUT2D eigenvalue weighted by molar-refractivity contribution is 0.946. The molecule has 0 atom stereocenters. The van der Waals surface area contributed by atoms with E-state index in [1.54, 1.807) is 0 Å². The van der Waals surface area contributed by atoms with Crippen molar-refractivity contribution in [2.45, 2.75) is 12.8 Å². The van der Waals surface area contributed by atoms with E-state index < -0.39 is 0 Å². The summed E-state index contributed by atoms with van der Waals surface area (Å²) in [6.45, 7) is 0. The van der Waals surface area contributed by atoms with Crippen molar-refractivity contribution in [3.05, 3.63) is 57.0 Å². The first-order chi connectivity index (χ1) is 9.69. The van der Waals surface area contributed by atoms with E-state index in [1.165, 1.54) is 16.9 Å². The van der Waals surface area contributed by atoms with Crippen molar-refractivity contribution in [1.29, 1.82) is 0 Å². The molecule has 0 aliphatic carbocycles. The first-order valence-corrected chi connectivity index (χ1v) is 7.71. The van der Waals surface area contributed by atoms with Gasteiger partial charge in [-0.25, -0.2) is 9.97 Å². The Kier molecular flexibility index (Phi) is 3.79. The van der Waals surface area contributed by atoms with Crippen LogP contribution >= 0.6 is 27.3 Å². The maximum Gasteiger partial charge on any atom is 0.180 e. The number of H-pyrrole nitrogens is 1. The summed E-state index contributed by atoms with van der Waals surface area (Å²) in [4.78, 5) is 8.69. The smallest absolute Gasteiger partial charge is 0.180 e. The van der Waals surface area contributed by atoms with Gasteiger partial charge < -0.3 is 5.73 Å². The molecule has 0 aliphatic rings. The predicted octanol–water partition coefficient (Wildman–Crippen LogP) is 2.79. The maximum absolute atomic E-state index is 5.61. The molecule has 0 fully saturated rings. The first-order valence-electron chi connectivity index (χ1n) is 6.03. The van der Waals surface area contributed by atoms with Gasteiger partial charge in [0, 0.05) is 16.3 Å². The number of halogens is 1. The number of aromatic nitrogens is 4. The Labute approximate surface area is 128 Å². The SMILES string of the molecule is Nc1nc(Cc2n[nH]c(Cc3cccc(Br)c3)n2)cs1. The van der Waals surface area contributed by atoms with Crippen LogP contribution < -0.4 is 5.73 Å². The molecule has 1 aromatic carbocycles. The van der Waals surface area contributed by atoms with Crippen LogP contribution in [-0.4, -0.2) is 20.2 Å². The highest BCUT2D eigenvalue weighted by Gasteiger charge is 2.07. The lowest BCUT2D eigenvalue weighted by Crippen LogP contribution is -1.93. The molecule has 0 spiro atoms. The third-order valence-corrected chi connectivity index (χ3v) is 3.96. The third-order valence-electron chi connectivity index (χ3n) is 2.75. The van der Waals surface area contributed by atoms with Crippen LogP contribution in [0.2, 0.25) is 0 Å². The fourth-order valence-corrected chi connectivity index (χ4v) is 2.91. The lowest BCUT2D eigenvalue weighted by atomic mass is 10.1. The van der Waals surface area contributed by atoms with Gasteiger partial charge in [-0.3, -0.25) is 5.10 Å². The second-order valence-corrected chi connectivity index (χ2v) is 6.16. The summed E-state index contributed by atoms with van der Waals surface area (Å²) < 4.78 is 1.06. The van der Waals surface area contributed by atoms with Crippen molar-refractivity contribution in [3.63, 3.8) is 0 Å². The monoisotopic (exact) mass is 349 g/mol. The molecule has 20 heavy (non-hydrogen) atoms. The van der Waals surface area contributed by atoms with E-state index in [2.05, 4.69) is 48.2 Å². The summed E-state index contributed by atoms with van der Waals surface area (Å²) in [6.07, 6.45) is 1.33. The summed E-state index contributed by atoms with van der Waals surface area (Å²) in [7, 11) is 0. The van der Waals surface area contributed by atoms with Crippen molar-refractivity contribution in [3.8, 4) is 0 Å². The fraction of sp³-hybridized carbons (Fsp3) is 0.154. The first kappa shape index (κ1) is 13.3. The minimum Gasteiger partial charge on any atom is -0.375 e. The Hall–Kier alpha value is -1.73. The molecule has 2 aromatic heterocycles. The van der Waals surface area contributed by atoms with Gasteiger partial charge in [0.15, 0.2) is 11.0 Å². The van der Waals surface area contributed by atoms with Crippen LogP contribution in [0.1, 0.15) is 22.9 Å². The van der Waals surface area contributed by atoms with Gasteiger partial charge >= 0.3 is 0 Å². The van der Waals surface area contributed by atoms with Crippen LogP contribution in [-0.2, 0) is 12.8 Å². The van der Waals surface area contributed by atoms with Crippen LogP contribution in [0.25, 0.3) is 0 Å². The summed E-state index contributed by atoms with van der Waals surface area (Å²) in [5.74, 6) is 1.58. The second-order valence-electron chi connectivity index (χ2n) is 4.36. The van der Waals surface area contributed by atoms with E-state index >= 15 is 0 Å². The molecule has 7 heteroatoms. The molecule has 3 N–H and O–H groups in total. The van der Waals surface area contributed by atoms with E-state index in [0.29, 0.717) is 11.6 Å². The number of nitrogen functional groups attached to an aromatic ring is 1. The molecule has 3 rings (SSSR count). The average molecular weight is 350 g/mol. The molecule has 0 amide bonds. The van der Waals surface area contributed by atoms with Gasteiger partial charge in [-0.05, 0) is 17.7 Å². The number of hydrogen-bond donors (Lipinski definition) is 2. The third kappa shape index (κ3) is 3.23. The highest BCUT2D eigenvalue weighted by Crippen LogP contribution is 2.15. The topological polar surface area (TPSA) is 80.5 Å². The standard InChI is InChI=1S/C13H12BrN5S/c14-9-3-1-2-8(4-9)5-11-17-12(19-18-11)6-10-7-20-13(15)16-10/h1-4,7H,5-6H2,(H2,15,16)(H,17,18,19). The van der Waals surface area contributed by atoms with E-state index in [1.807, 2.05) is 17.5 Å². The molecule has 0 saturated heterocycles. The van der Waals surface area contributed by atoms with Crippen LogP contribution in [0.5, 0.6) is 0 Å². The van der Waals surface area contributed by atoms with Crippen LogP contribution in [0, 0.1) is 0 Å². The molecule has 5 nitrogen and oxygen atoms in total. The number of nitrogens with two attached hydrogens (primary N) is 1. The Balaban J connectivity index is 1.70. The van der Waals surface area contributed by atoms with Crippen molar-refractivity contribution >= 4 is 32.4 Å². The van der Waals surface area contributed by atoms with E-state index in [0.717, 1.165) is 28.2 Å². The number of benzene rings is 1. The molecular weight excluding hydrogens is 338 g/mol. The molecule has 102 valence electrons. The van der Waals surface area contributed by atoms with Gasteiger partial charge in [0.1, 0.15) is 5.82 Å². The number of nitrogens with zero attached hydrogens (tertiary/aromatic N) is 3. The Morgan fingerprint density at radius 2 is 2.15 bits per heavy atom. The average Bonchev–Trinajstić information content (AvgIpc) is 3.00. The van der Waals surface area contributed by atoms with E-state index in [9.17, 15) is 0 Å². The van der Waals surface area contributed by atoms with Crippen LogP contribution in [0.4, 0.5) is 5.13 Å². The van der Waals surface area contributed by atoms with Gasteiger partial charge in [0.05, 0.1) is 12.1 Å². The number of rotatable bonds is 4. The van der Waals surface area contributed by atoms with Crippen molar-refractivity contribution in [2.75, 3.05) is 5.73 Å². The van der Waals surface area contributed by atoms with Gasteiger partial charge in [-0.1, -0.05) is 28.1 Å². The van der Waals surface area contributed by atoms with Crippen molar-refractivity contribution in [1.82, 2.24) is 20.2 Å². The molecule has 0 bridgehead atoms. The Morgan fingerprint density at radius 3 is 2.90 bits per heavy atom. The quantitative estimate of drug-likeness (QED) is 0.758. The molecule has 0 unspecified atom stereocenters. The fourth-order valence-electron chi connectivity index (χ4n) is 1.90. The zero-order chi connectivity index (χ0) is 13.9. The number of hydrogen-bond acceptors (Lipinski definition) is 5. The number of aromatic amines is 1. The Bertz CT molecular complexity index is 721. The zero-order valence-corrected chi connectivity index (χ0v) is 12.9. The molecule has 2 heterocycles. The largest absolute Gasteiger partial charge is 0.375 e. The normalized spacial score (nSPS) is 10.8. The molecular formula is C13H12BrN5S. The molecule has 0 aliphatic heterocycles. The molecule has 0 saturated carbocycles. The number of thiazole rings is 1. The van der Waals surface area contributed by atoms with Crippen molar-refractivity contribution < 1.29 is 0 Å². The summed E-state index contributed by atoms with van der Waals surface area (Å²) in [5, 5.41) is 9.69. The van der Waals surface area contributed by atoms with Gasteiger partial charge in [0.25, 0.3) is 0 Å². The maximum atomic E-state index is 5.61. The highest BCUT2D eigenvalue weighted by molar-refractivity contribution is 9.10. The number of nitrogens with one attached hydrogen (secondary N) is 1. The van der Waals surface area contributed by atoms with E-state index in [-0.39, 0.29) is 0 Å². The van der Waals surface area contributed by atoms with Gasteiger partial charge in [-0.15, -0.1) is 11.3 Å². The Morgan fingerprint density at radius 1 is 1.25 bits per heavy atom. The summed E-state index contributed by atoms with van der Waals surface area (Å²) in [6, 6.07) is 8.15. The van der Waals surface area contributed by atoms with Gasteiger partial charge in [0.2, 0.25) is 0 Å². The van der Waals surface area contributed by atoms with E-state index in [4.69, 9.17) is 5.73 Å². The minimum atomic E-state index is 0.574. The summed E-state index contributed by atoms with van der Waals surface area (Å²) in [5.41, 5.74) is 7.69. The summed E-state index contributed by atoms with van der Waals surface area (Å²) >= 11 is 4.89. The van der Waals surface area contributed by atoms with Crippen LogP contribution in [0.3, 0.4) is 0 Å². The molecule has 3 aromatic rings. The minimum absolute atomic E-state index is 0.574. The lowest BCUT2D eigenvalue weighted by Gasteiger charge is -1.98. The van der Waals surface area contributed by atoms with Gasteiger partial charge in [-0.2, -0.15) is 5.10 Å². The molecule has 0 radical (unpaired) electrons. The zero-order valence-electron chi connectivity index (χ0n) is 10.5. The predicted molar refractivity (Wildman–Crippen MR) is 82.7 cm³/mol. The van der Waals surface area contributed by atoms with Crippen molar-refractivity contribution in [2.24, 2.45) is 0 Å².